The lowest BCUT2D eigenvalue weighted by Crippen LogP contribution is -2.58. The van der Waals surface area contributed by atoms with Crippen LogP contribution < -0.4 is 4.74 Å². The first kappa shape index (κ1) is 22.1. The Labute approximate surface area is 172 Å². The molecule has 0 aliphatic carbocycles. The Hall–Kier alpha value is -1.64. The van der Waals surface area contributed by atoms with Gasteiger partial charge in [-0.15, -0.1) is 0 Å². The van der Waals surface area contributed by atoms with Crippen molar-refractivity contribution < 1.29 is 24.8 Å². The molecule has 1 saturated heterocycles. The average molecular weight is 407 g/mol. The van der Waals surface area contributed by atoms with Crippen LogP contribution in [0.15, 0.2) is 24.4 Å². The number of aliphatic hydroxyl groups excluding tert-OH is 3. The molecule has 0 radical (unpaired) electrons. The second kappa shape index (κ2) is 9.91. The molecule has 5 unspecified atom stereocenters. The second-order valence-corrected chi connectivity index (χ2v) is 7.91. The highest BCUT2D eigenvalue weighted by Gasteiger charge is 2.43. The highest BCUT2D eigenvalue weighted by molar-refractivity contribution is 5.84. The fourth-order valence-corrected chi connectivity index (χ4v) is 3.94. The lowest BCUT2D eigenvalue weighted by atomic mass is 10.00. The smallest absolute Gasteiger partial charge is 0.229 e. The van der Waals surface area contributed by atoms with Gasteiger partial charge in [0.05, 0.1) is 6.10 Å². The Morgan fingerprint density at radius 3 is 2.45 bits per heavy atom. The van der Waals surface area contributed by atoms with E-state index in [-0.39, 0.29) is 0 Å². The predicted octanol–water partition coefficient (Wildman–Crippen LogP) is 2.04. The van der Waals surface area contributed by atoms with Gasteiger partial charge in [-0.1, -0.05) is 13.8 Å². The Balaban J connectivity index is 1.67. The molecule has 2 heterocycles. The Morgan fingerprint density at radius 1 is 1.03 bits per heavy atom. The molecule has 2 aromatic rings. The molecule has 162 valence electrons. The molecule has 7 heteroatoms. The van der Waals surface area contributed by atoms with Gasteiger partial charge in [-0.25, -0.2) is 0 Å². The zero-order valence-electron chi connectivity index (χ0n) is 17.5. The average Bonchev–Trinajstić information content (AvgIpc) is 3.11. The first-order chi connectivity index (χ1) is 13.9. The van der Waals surface area contributed by atoms with Gasteiger partial charge in [0.2, 0.25) is 6.29 Å². The minimum atomic E-state index is -1.32. The lowest BCUT2D eigenvalue weighted by molar-refractivity contribution is -0.268. The van der Waals surface area contributed by atoms with Crippen molar-refractivity contribution in [1.29, 1.82) is 0 Å². The number of ether oxygens (including phenoxy) is 2. The summed E-state index contributed by atoms with van der Waals surface area (Å²) in [6.07, 6.45) is -0.0935. The van der Waals surface area contributed by atoms with Crippen molar-refractivity contribution >= 4 is 10.9 Å². The van der Waals surface area contributed by atoms with E-state index in [0.29, 0.717) is 5.75 Å². The molecule has 1 aliphatic heterocycles. The first-order valence-electron chi connectivity index (χ1n) is 10.6. The highest BCUT2D eigenvalue weighted by Crippen LogP contribution is 2.28. The molecule has 1 aromatic carbocycles. The number of fused-ring (bicyclic) bond motifs is 1. The lowest BCUT2D eigenvalue weighted by Gasteiger charge is -2.38. The van der Waals surface area contributed by atoms with Crippen LogP contribution in [0.25, 0.3) is 10.9 Å². The van der Waals surface area contributed by atoms with Crippen LogP contribution in [0.1, 0.15) is 39.2 Å². The number of hydrogen-bond donors (Lipinski definition) is 4. The molecule has 0 saturated carbocycles. The van der Waals surface area contributed by atoms with Crippen LogP contribution in [0.4, 0.5) is 0 Å². The van der Waals surface area contributed by atoms with Gasteiger partial charge in [-0.05, 0) is 57.0 Å². The van der Waals surface area contributed by atoms with Crippen molar-refractivity contribution in [2.24, 2.45) is 0 Å². The number of rotatable bonds is 9. The topological polar surface area (TPSA) is 98.2 Å². The molecule has 5 atom stereocenters. The van der Waals surface area contributed by atoms with Crippen LogP contribution in [0.5, 0.6) is 5.75 Å². The quantitative estimate of drug-likeness (QED) is 0.509. The number of benzene rings is 1. The fraction of sp³-hybridized carbons (Fsp3) is 0.636. The van der Waals surface area contributed by atoms with Gasteiger partial charge in [-0.3, -0.25) is 0 Å². The van der Waals surface area contributed by atoms with E-state index < -0.39 is 30.7 Å². The molecule has 0 spiro atoms. The maximum atomic E-state index is 10.1. The van der Waals surface area contributed by atoms with Crippen LogP contribution in [-0.2, 0) is 11.2 Å². The Bertz CT molecular complexity index is 774. The minimum absolute atomic E-state index is 0.532. The third kappa shape index (κ3) is 5.10. The number of nitrogens with one attached hydrogen (secondary N) is 1. The maximum absolute atomic E-state index is 10.1. The van der Waals surface area contributed by atoms with Crippen molar-refractivity contribution in [2.45, 2.75) is 70.7 Å². The van der Waals surface area contributed by atoms with Crippen LogP contribution in [0, 0.1) is 0 Å². The molecule has 1 fully saturated rings. The third-order valence-electron chi connectivity index (χ3n) is 5.58. The molecule has 1 aromatic heterocycles. The van der Waals surface area contributed by atoms with Gasteiger partial charge in [-0.2, -0.15) is 0 Å². The molecule has 0 amide bonds. The summed E-state index contributed by atoms with van der Waals surface area (Å²) in [6, 6.07) is 5.71. The number of H-pyrrole nitrogens is 1. The number of hydrogen-bond acceptors (Lipinski definition) is 6. The van der Waals surface area contributed by atoms with Crippen molar-refractivity contribution in [3.05, 3.63) is 30.0 Å². The molecule has 29 heavy (non-hydrogen) atoms. The van der Waals surface area contributed by atoms with E-state index in [1.165, 1.54) is 5.56 Å². The first-order valence-corrected chi connectivity index (χ1v) is 10.6. The van der Waals surface area contributed by atoms with Crippen LogP contribution in [0.2, 0.25) is 0 Å². The van der Waals surface area contributed by atoms with E-state index in [1.54, 1.807) is 6.92 Å². The molecular formula is C22H34N2O5. The zero-order chi connectivity index (χ0) is 21.0. The Morgan fingerprint density at radius 2 is 1.76 bits per heavy atom. The van der Waals surface area contributed by atoms with Crippen LogP contribution in [0.3, 0.4) is 0 Å². The highest BCUT2D eigenvalue weighted by atomic mass is 16.7. The normalized spacial score (nSPS) is 27.6. The Kier molecular flexibility index (Phi) is 7.54. The molecule has 1 aliphatic rings. The minimum Gasteiger partial charge on any atom is -0.462 e. The number of aromatic amines is 1. The number of aromatic nitrogens is 1. The van der Waals surface area contributed by atoms with E-state index in [0.717, 1.165) is 49.8 Å². The summed E-state index contributed by atoms with van der Waals surface area (Å²) < 4.78 is 11.3. The summed E-state index contributed by atoms with van der Waals surface area (Å²) in [5.41, 5.74) is 2.22. The second-order valence-electron chi connectivity index (χ2n) is 7.91. The van der Waals surface area contributed by atoms with E-state index in [9.17, 15) is 15.3 Å². The number of nitrogens with zero attached hydrogens (tertiary/aromatic N) is 1. The van der Waals surface area contributed by atoms with E-state index in [2.05, 4.69) is 23.7 Å². The van der Waals surface area contributed by atoms with Crippen molar-refractivity contribution in [2.75, 3.05) is 19.6 Å². The van der Waals surface area contributed by atoms with E-state index >= 15 is 0 Å². The van der Waals surface area contributed by atoms with Gasteiger partial charge >= 0.3 is 0 Å². The summed E-state index contributed by atoms with van der Waals surface area (Å²) in [6.45, 7) is 9.34. The largest absolute Gasteiger partial charge is 0.462 e. The predicted molar refractivity (Wildman–Crippen MR) is 112 cm³/mol. The summed E-state index contributed by atoms with van der Waals surface area (Å²) >= 11 is 0. The number of aliphatic hydroxyl groups is 3. The monoisotopic (exact) mass is 406 g/mol. The van der Waals surface area contributed by atoms with E-state index in [4.69, 9.17) is 9.47 Å². The maximum Gasteiger partial charge on any atom is 0.229 e. The molecule has 3 rings (SSSR count). The summed E-state index contributed by atoms with van der Waals surface area (Å²) in [7, 11) is 0. The summed E-state index contributed by atoms with van der Waals surface area (Å²) in [5.74, 6) is 0.532. The van der Waals surface area contributed by atoms with Crippen LogP contribution in [-0.4, -0.2) is 75.5 Å². The summed E-state index contributed by atoms with van der Waals surface area (Å²) in [4.78, 5) is 5.80. The van der Waals surface area contributed by atoms with Crippen molar-refractivity contribution in [1.82, 2.24) is 9.88 Å². The zero-order valence-corrected chi connectivity index (χ0v) is 17.5. The van der Waals surface area contributed by atoms with Gasteiger partial charge in [0.1, 0.15) is 24.1 Å². The van der Waals surface area contributed by atoms with Gasteiger partial charge in [0, 0.05) is 29.7 Å². The van der Waals surface area contributed by atoms with Crippen molar-refractivity contribution in [3.8, 4) is 5.75 Å². The van der Waals surface area contributed by atoms with E-state index in [1.807, 2.05) is 24.4 Å². The van der Waals surface area contributed by atoms with Gasteiger partial charge < -0.3 is 34.7 Å². The molecule has 4 N–H and O–H groups in total. The standard InChI is InChI=1S/C22H34N2O5/c1-4-9-24(10-5-2)11-8-15-13-23-18-12-16(6-7-17(15)18)29-22-21(27)20(26)19(25)14(3)28-22/h6-7,12-14,19-23,25-27H,4-5,8-11H2,1-3H3. The third-order valence-corrected chi connectivity index (χ3v) is 5.58. The summed E-state index contributed by atoms with van der Waals surface area (Å²) in [5, 5.41) is 31.0. The molecule has 0 bridgehead atoms. The fourth-order valence-electron chi connectivity index (χ4n) is 3.94. The van der Waals surface area contributed by atoms with Gasteiger partial charge in [0.15, 0.2) is 0 Å². The van der Waals surface area contributed by atoms with Crippen LogP contribution >= 0.6 is 0 Å². The SMILES string of the molecule is CCCN(CCC)CCc1c[nH]c2cc(OC3OC(C)C(O)C(O)C3O)ccc12. The van der Waals surface area contributed by atoms with Crippen molar-refractivity contribution in [3.63, 3.8) is 0 Å². The molecular weight excluding hydrogens is 372 g/mol. The molecule has 7 nitrogen and oxygen atoms in total. The van der Waals surface area contributed by atoms with Gasteiger partial charge in [0.25, 0.3) is 0 Å².